The Morgan fingerprint density at radius 1 is 1.18 bits per heavy atom. The van der Waals surface area contributed by atoms with Crippen molar-refractivity contribution >= 4 is 17.5 Å². The molecular formula is C13H9ClFNO. The first-order chi connectivity index (χ1) is 8.09. The number of halogens is 2. The summed E-state index contributed by atoms with van der Waals surface area (Å²) in [4.78, 5) is 11.3. The van der Waals surface area contributed by atoms with Crippen LogP contribution in [0, 0.1) is 5.82 Å². The largest absolute Gasteiger partial charge is 0.366 e. The van der Waals surface area contributed by atoms with Gasteiger partial charge in [0.2, 0.25) is 5.91 Å². The molecule has 4 heteroatoms. The first-order valence-electron chi connectivity index (χ1n) is 4.94. The number of nitrogens with two attached hydrogens (primary N) is 1. The SMILES string of the molecule is NC(=O)c1ccccc1-c1ccc(F)c(Cl)c1. The summed E-state index contributed by atoms with van der Waals surface area (Å²) in [6, 6.07) is 11.1. The fourth-order valence-corrected chi connectivity index (χ4v) is 1.79. The van der Waals surface area contributed by atoms with E-state index in [0.717, 1.165) is 0 Å². The van der Waals surface area contributed by atoms with Crippen molar-refractivity contribution in [2.45, 2.75) is 0 Å². The van der Waals surface area contributed by atoms with E-state index in [1.807, 2.05) is 0 Å². The molecule has 2 nitrogen and oxygen atoms in total. The Morgan fingerprint density at radius 2 is 1.88 bits per heavy atom. The van der Waals surface area contributed by atoms with Crippen LogP contribution < -0.4 is 5.73 Å². The van der Waals surface area contributed by atoms with Crippen molar-refractivity contribution < 1.29 is 9.18 Å². The van der Waals surface area contributed by atoms with Gasteiger partial charge in [0, 0.05) is 5.56 Å². The molecule has 0 aliphatic rings. The van der Waals surface area contributed by atoms with Crippen molar-refractivity contribution in [3.63, 3.8) is 0 Å². The molecule has 0 radical (unpaired) electrons. The summed E-state index contributed by atoms with van der Waals surface area (Å²) in [6.45, 7) is 0. The monoisotopic (exact) mass is 249 g/mol. The Bertz CT molecular complexity index is 583. The van der Waals surface area contributed by atoms with Crippen LogP contribution in [0.25, 0.3) is 11.1 Å². The van der Waals surface area contributed by atoms with Gasteiger partial charge < -0.3 is 5.73 Å². The molecule has 0 unspecified atom stereocenters. The van der Waals surface area contributed by atoms with Gasteiger partial charge in [0.25, 0.3) is 0 Å². The molecule has 0 saturated heterocycles. The highest BCUT2D eigenvalue weighted by molar-refractivity contribution is 6.31. The van der Waals surface area contributed by atoms with Gasteiger partial charge in [0.05, 0.1) is 5.02 Å². The number of amides is 1. The molecule has 0 aromatic heterocycles. The molecule has 86 valence electrons. The maximum absolute atomic E-state index is 13.0. The minimum atomic E-state index is -0.527. The molecule has 17 heavy (non-hydrogen) atoms. The maximum Gasteiger partial charge on any atom is 0.249 e. The lowest BCUT2D eigenvalue weighted by Crippen LogP contribution is -2.12. The second kappa shape index (κ2) is 4.55. The summed E-state index contributed by atoms with van der Waals surface area (Å²) in [5.74, 6) is -1.02. The third kappa shape index (κ3) is 2.29. The van der Waals surface area contributed by atoms with Crippen LogP contribution in [0.15, 0.2) is 42.5 Å². The van der Waals surface area contributed by atoms with E-state index in [-0.39, 0.29) is 5.02 Å². The Hall–Kier alpha value is -1.87. The van der Waals surface area contributed by atoms with Crippen molar-refractivity contribution in [3.8, 4) is 11.1 Å². The van der Waals surface area contributed by atoms with Gasteiger partial charge in [-0.3, -0.25) is 4.79 Å². The Labute approximate surface area is 103 Å². The standard InChI is InChI=1S/C13H9ClFNO/c14-11-7-8(5-6-12(11)15)9-3-1-2-4-10(9)13(16)17/h1-7H,(H2,16,17). The lowest BCUT2D eigenvalue weighted by Gasteiger charge is -2.07. The highest BCUT2D eigenvalue weighted by Crippen LogP contribution is 2.27. The van der Waals surface area contributed by atoms with E-state index in [9.17, 15) is 9.18 Å². The molecule has 0 atom stereocenters. The number of carbonyl (C=O) groups excluding carboxylic acids is 1. The maximum atomic E-state index is 13.0. The molecule has 1 amide bonds. The van der Waals surface area contributed by atoms with Crippen LogP contribution in [0.2, 0.25) is 5.02 Å². The molecule has 0 fully saturated rings. The second-order valence-corrected chi connectivity index (χ2v) is 3.95. The van der Waals surface area contributed by atoms with Crippen LogP contribution in [-0.2, 0) is 0 Å². The molecule has 0 bridgehead atoms. The number of carbonyl (C=O) groups is 1. The van der Waals surface area contributed by atoms with Crippen LogP contribution in [0.3, 0.4) is 0 Å². The van der Waals surface area contributed by atoms with Gasteiger partial charge in [-0.25, -0.2) is 4.39 Å². The highest BCUT2D eigenvalue weighted by atomic mass is 35.5. The van der Waals surface area contributed by atoms with Gasteiger partial charge in [-0.1, -0.05) is 35.9 Å². The molecule has 0 saturated carbocycles. The van der Waals surface area contributed by atoms with E-state index < -0.39 is 11.7 Å². The van der Waals surface area contributed by atoms with Gasteiger partial charge in [0.15, 0.2) is 0 Å². The summed E-state index contributed by atoms with van der Waals surface area (Å²) < 4.78 is 13.0. The minimum absolute atomic E-state index is 0.0155. The third-order valence-electron chi connectivity index (χ3n) is 2.42. The molecule has 0 aliphatic carbocycles. The zero-order chi connectivity index (χ0) is 12.4. The van der Waals surface area contributed by atoms with Crippen LogP contribution in [0.5, 0.6) is 0 Å². The van der Waals surface area contributed by atoms with Gasteiger partial charge in [-0.05, 0) is 29.3 Å². The highest BCUT2D eigenvalue weighted by Gasteiger charge is 2.10. The molecule has 2 rings (SSSR count). The Kier molecular flexibility index (Phi) is 3.11. The molecule has 2 aromatic rings. The zero-order valence-corrected chi connectivity index (χ0v) is 9.54. The molecular weight excluding hydrogens is 241 g/mol. The summed E-state index contributed by atoms with van der Waals surface area (Å²) in [6.07, 6.45) is 0. The minimum Gasteiger partial charge on any atom is -0.366 e. The normalized spacial score (nSPS) is 10.2. The molecule has 2 N–H and O–H groups in total. The second-order valence-electron chi connectivity index (χ2n) is 3.54. The average Bonchev–Trinajstić information content (AvgIpc) is 2.32. The van der Waals surface area contributed by atoms with E-state index in [1.54, 1.807) is 30.3 Å². The molecule has 0 heterocycles. The zero-order valence-electron chi connectivity index (χ0n) is 8.78. The smallest absolute Gasteiger partial charge is 0.249 e. The third-order valence-corrected chi connectivity index (χ3v) is 2.71. The van der Waals surface area contributed by atoms with E-state index in [2.05, 4.69) is 0 Å². The molecule has 2 aromatic carbocycles. The molecule has 0 aliphatic heterocycles. The van der Waals surface area contributed by atoms with Gasteiger partial charge in [-0.2, -0.15) is 0 Å². The number of hydrogen-bond acceptors (Lipinski definition) is 1. The first-order valence-corrected chi connectivity index (χ1v) is 5.31. The van der Waals surface area contributed by atoms with E-state index >= 15 is 0 Å². The number of primary amides is 1. The van der Waals surface area contributed by atoms with Crippen molar-refractivity contribution in [1.82, 2.24) is 0 Å². The Balaban J connectivity index is 2.60. The fourth-order valence-electron chi connectivity index (χ4n) is 1.61. The number of rotatable bonds is 2. The Morgan fingerprint density at radius 3 is 2.53 bits per heavy atom. The van der Waals surface area contributed by atoms with Crippen LogP contribution in [0.4, 0.5) is 4.39 Å². The van der Waals surface area contributed by atoms with Crippen LogP contribution in [-0.4, -0.2) is 5.91 Å². The van der Waals surface area contributed by atoms with Gasteiger partial charge in [-0.15, -0.1) is 0 Å². The quantitative estimate of drug-likeness (QED) is 0.872. The van der Waals surface area contributed by atoms with Crippen LogP contribution in [0.1, 0.15) is 10.4 Å². The van der Waals surface area contributed by atoms with Crippen molar-refractivity contribution in [1.29, 1.82) is 0 Å². The number of benzene rings is 2. The van der Waals surface area contributed by atoms with Crippen molar-refractivity contribution in [2.24, 2.45) is 5.73 Å². The first kappa shape index (κ1) is 11.6. The predicted molar refractivity (Wildman–Crippen MR) is 65.4 cm³/mol. The van der Waals surface area contributed by atoms with Crippen LogP contribution >= 0.6 is 11.6 Å². The van der Waals surface area contributed by atoms with E-state index in [0.29, 0.717) is 16.7 Å². The molecule has 0 spiro atoms. The summed E-state index contributed by atoms with van der Waals surface area (Å²) in [5.41, 5.74) is 6.96. The topological polar surface area (TPSA) is 43.1 Å². The van der Waals surface area contributed by atoms with Crippen molar-refractivity contribution in [3.05, 3.63) is 58.9 Å². The lowest BCUT2D eigenvalue weighted by molar-refractivity contribution is 0.100. The van der Waals surface area contributed by atoms with Gasteiger partial charge >= 0.3 is 0 Å². The average molecular weight is 250 g/mol. The van der Waals surface area contributed by atoms with E-state index in [4.69, 9.17) is 17.3 Å². The summed E-state index contributed by atoms with van der Waals surface area (Å²) in [7, 11) is 0. The van der Waals surface area contributed by atoms with E-state index in [1.165, 1.54) is 12.1 Å². The number of hydrogen-bond donors (Lipinski definition) is 1. The summed E-state index contributed by atoms with van der Waals surface area (Å²) in [5, 5.41) is 0.0155. The lowest BCUT2D eigenvalue weighted by atomic mass is 9.99. The van der Waals surface area contributed by atoms with Crippen molar-refractivity contribution in [2.75, 3.05) is 0 Å². The predicted octanol–water partition coefficient (Wildman–Crippen LogP) is 3.25. The fraction of sp³-hybridized carbons (Fsp3) is 0. The van der Waals surface area contributed by atoms with Gasteiger partial charge in [0.1, 0.15) is 5.82 Å². The summed E-state index contributed by atoms with van der Waals surface area (Å²) >= 11 is 5.70.